The summed E-state index contributed by atoms with van der Waals surface area (Å²) in [6.45, 7) is 0. The van der Waals surface area contributed by atoms with Crippen molar-refractivity contribution in [2.45, 2.75) is 0 Å². The number of nitrogens with one attached hydrogen (secondary N) is 1. The second-order valence-electron chi connectivity index (χ2n) is 2.26. The van der Waals surface area contributed by atoms with Crippen LogP contribution in [-0.4, -0.2) is 20.0 Å². The minimum absolute atomic E-state index is 0.112. The van der Waals surface area contributed by atoms with E-state index < -0.39 is 0 Å². The van der Waals surface area contributed by atoms with Gasteiger partial charge in [-0.15, -0.1) is 0 Å². The van der Waals surface area contributed by atoms with Gasteiger partial charge in [-0.1, -0.05) is 0 Å². The van der Waals surface area contributed by atoms with E-state index >= 15 is 0 Å². The first-order valence-corrected chi connectivity index (χ1v) is 3.14. The van der Waals surface area contributed by atoms with Crippen molar-refractivity contribution in [1.82, 2.24) is 20.0 Å². The van der Waals surface area contributed by atoms with Crippen molar-refractivity contribution < 1.29 is 0 Å². The van der Waals surface area contributed by atoms with Crippen LogP contribution in [0.5, 0.6) is 0 Å². The van der Waals surface area contributed by atoms with Gasteiger partial charge < -0.3 is 0 Å². The Balaban J connectivity index is 3.08. The van der Waals surface area contributed by atoms with E-state index in [1.807, 2.05) is 0 Å². The van der Waals surface area contributed by atoms with Crippen LogP contribution in [0, 0.1) is 0 Å². The number of hydrogen-bond acceptors (Lipinski definition) is 3. The highest BCUT2D eigenvalue weighted by atomic mass is 16.1. The first kappa shape index (κ1) is 6.09. The summed E-state index contributed by atoms with van der Waals surface area (Å²) in [7, 11) is 1.72. The number of aromatic nitrogens is 4. The third-order valence-corrected chi connectivity index (χ3v) is 1.54. The maximum atomic E-state index is 11.1. The molecule has 2 rings (SSSR count). The van der Waals surface area contributed by atoms with Gasteiger partial charge in [-0.3, -0.25) is 14.6 Å². The number of H-pyrrole nitrogens is 1. The fraction of sp³-hybridized carbons (Fsp3) is 0.167. The van der Waals surface area contributed by atoms with E-state index in [1.54, 1.807) is 13.2 Å². The molecule has 5 heteroatoms. The minimum atomic E-state index is -0.112. The van der Waals surface area contributed by atoms with Crippen molar-refractivity contribution >= 4 is 11.0 Å². The van der Waals surface area contributed by atoms with Crippen molar-refractivity contribution in [3.8, 4) is 0 Å². The van der Waals surface area contributed by atoms with Gasteiger partial charge in [0.1, 0.15) is 11.0 Å². The SMILES string of the molecule is Cn1ncc2[nH]ncc(=O)c21. The molecular formula is C6H6N4O. The van der Waals surface area contributed by atoms with E-state index in [9.17, 15) is 4.79 Å². The molecular weight excluding hydrogens is 144 g/mol. The molecule has 2 heterocycles. The summed E-state index contributed by atoms with van der Waals surface area (Å²) in [5.41, 5.74) is 1.11. The van der Waals surface area contributed by atoms with Crippen molar-refractivity contribution in [2.24, 2.45) is 7.05 Å². The lowest BCUT2D eigenvalue weighted by molar-refractivity contribution is 0.794. The van der Waals surface area contributed by atoms with Crippen molar-refractivity contribution in [2.75, 3.05) is 0 Å². The van der Waals surface area contributed by atoms with Crippen molar-refractivity contribution in [3.05, 3.63) is 22.6 Å². The largest absolute Gasteiger partial charge is 0.286 e. The van der Waals surface area contributed by atoms with Crippen LogP contribution in [0.3, 0.4) is 0 Å². The van der Waals surface area contributed by atoms with Gasteiger partial charge in [-0.05, 0) is 0 Å². The predicted octanol–water partition coefficient (Wildman–Crippen LogP) is -0.343. The third kappa shape index (κ3) is 0.739. The number of aromatic amines is 1. The molecule has 0 aromatic carbocycles. The fourth-order valence-electron chi connectivity index (χ4n) is 1.03. The van der Waals surface area contributed by atoms with Gasteiger partial charge in [0.05, 0.1) is 12.4 Å². The van der Waals surface area contributed by atoms with E-state index in [1.165, 1.54) is 10.9 Å². The molecule has 0 aliphatic carbocycles. The van der Waals surface area contributed by atoms with Gasteiger partial charge in [-0.25, -0.2) is 0 Å². The molecule has 0 aliphatic rings. The second kappa shape index (κ2) is 1.91. The number of nitrogens with zero attached hydrogens (tertiary/aromatic N) is 3. The Hall–Kier alpha value is -1.65. The highest BCUT2D eigenvalue weighted by molar-refractivity contribution is 5.72. The zero-order chi connectivity index (χ0) is 7.84. The summed E-state index contributed by atoms with van der Waals surface area (Å²) in [5, 5.41) is 10.2. The van der Waals surface area contributed by atoms with E-state index in [4.69, 9.17) is 0 Å². The lowest BCUT2D eigenvalue weighted by Gasteiger charge is -1.89. The highest BCUT2D eigenvalue weighted by Gasteiger charge is 2.01. The van der Waals surface area contributed by atoms with E-state index in [0.29, 0.717) is 11.0 Å². The number of hydrogen-bond donors (Lipinski definition) is 1. The molecule has 0 fully saturated rings. The van der Waals surface area contributed by atoms with Crippen molar-refractivity contribution in [1.29, 1.82) is 0 Å². The normalized spacial score (nSPS) is 10.6. The fourth-order valence-corrected chi connectivity index (χ4v) is 1.03. The van der Waals surface area contributed by atoms with Gasteiger partial charge in [0, 0.05) is 7.05 Å². The number of rotatable bonds is 0. The number of aryl methyl sites for hydroxylation is 1. The molecule has 2 aromatic rings. The molecule has 0 aliphatic heterocycles. The van der Waals surface area contributed by atoms with Gasteiger partial charge in [-0.2, -0.15) is 10.2 Å². The molecule has 2 aromatic heterocycles. The Kier molecular flexibility index (Phi) is 1.06. The van der Waals surface area contributed by atoms with E-state index in [0.717, 1.165) is 0 Å². The zero-order valence-corrected chi connectivity index (χ0v) is 5.90. The molecule has 5 nitrogen and oxygen atoms in total. The monoisotopic (exact) mass is 150 g/mol. The van der Waals surface area contributed by atoms with E-state index in [-0.39, 0.29) is 5.43 Å². The molecule has 0 bridgehead atoms. The van der Waals surface area contributed by atoms with Crippen LogP contribution in [0.25, 0.3) is 11.0 Å². The first-order chi connectivity index (χ1) is 5.29. The molecule has 0 unspecified atom stereocenters. The molecule has 0 amide bonds. The van der Waals surface area contributed by atoms with Crippen LogP contribution in [-0.2, 0) is 7.05 Å². The summed E-state index contributed by atoms with van der Waals surface area (Å²) >= 11 is 0. The van der Waals surface area contributed by atoms with Crippen molar-refractivity contribution in [3.63, 3.8) is 0 Å². The van der Waals surface area contributed by atoms with E-state index in [2.05, 4.69) is 15.3 Å². The quantitative estimate of drug-likeness (QED) is 0.558. The van der Waals surface area contributed by atoms with Crippen LogP contribution in [0.4, 0.5) is 0 Å². The van der Waals surface area contributed by atoms with Crippen LogP contribution in [0.15, 0.2) is 17.2 Å². The summed E-state index contributed by atoms with van der Waals surface area (Å²) in [6.07, 6.45) is 2.81. The summed E-state index contributed by atoms with van der Waals surface area (Å²) in [5.74, 6) is 0. The van der Waals surface area contributed by atoms with Gasteiger partial charge in [0.2, 0.25) is 5.43 Å². The van der Waals surface area contributed by atoms with Gasteiger partial charge in [0.15, 0.2) is 0 Å². The average molecular weight is 150 g/mol. The second-order valence-corrected chi connectivity index (χ2v) is 2.26. The molecule has 0 atom stereocenters. The molecule has 0 saturated heterocycles. The third-order valence-electron chi connectivity index (χ3n) is 1.54. The first-order valence-electron chi connectivity index (χ1n) is 3.14. The Labute approximate surface area is 61.7 Å². The predicted molar refractivity (Wildman–Crippen MR) is 39.1 cm³/mol. The Bertz CT molecular complexity index is 441. The zero-order valence-electron chi connectivity index (χ0n) is 5.90. The lowest BCUT2D eigenvalue weighted by atomic mass is 10.4. The van der Waals surface area contributed by atoms with Crippen LogP contribution in [0.1, 0.15) is 0 Å². The molecule has 0 saturated carbocycles. The summed E-state index contributed by atoms with van der Waals surface area (Å²) in [6, 6.07) is 0. The molecule has 1 N–H and O–H groups in total. The van der Waals surface area contributed by atoms with Gasteiger partial charge >= 0.3 is 0 Å². The van der Waals surface area contributed by atoms with Crippen LogP contribution in [0.2, 0.25) is 0 Å². The molecule has 56 valence electrons. The Morgan fingerprint density at radius 1 is 1.55 bits per heavy atom. The van der Waals surface area contributed by atoms with Crippen LogP contribution >= 0.6 is 0 Å². The highest BCUT2D eigenvalue weighted by Crippen LogP contribution is 2.00. The summed E-state index contributed by atoms with van der Waals surface area (Å²) < 4.78 is 1.52. The molecule has 0 spiro atoms. The minimum Gasteiger partial charge on any atom is -0.286 e. The standard InChI is InChI=1S/C6H6N4O/c1-10-6-4(2-8-10)9-7-3-5(6)11/h2-3H,1H3,(H,9,11). The average Bonchev–Trinajstić information content (AvgIpc) is 2.34. The molecule has 11 heavy (non-hydrogen) atoms. The maximum Gasteiger partial charge on any atom is 0.225 e. The van der Waals surface area contributed by atoms with Crippen LogP contribution < -0.4 is 5.43 Å². The smallest absolute Gasteiger partial charge is 0.225 e. The Morgan fingerprint density at radius 3 is 3.09 bits per heavy atom. The maximum absolute atomic E-state index is 11.1. The number of fused-ring (bicyclic) bond motifs is 1. The lowest BCUT2D eigenvalue weighted by Crippen LogP contribution is -2.06. The van der Waals surface area contributed by atoms with Gasteiger partial charge in [0.25, 0.3) is 0 Å². The summed E-state index contributed by atoms with van der Waals surface area (Å²) in [4.78, 5) is 11.1. The topological polar surface area (TPSA) is 63.6 Å². The Morgan fingerprint density at radius 2 is 2.36 bits per heavy atom. The molecule has 0 radical (unpaired) electrons.